The monoisotopic (exact) mass is 246 g/mol. The Kier molecular flexibility index (Phi) is 2.70. The third-order valence-electron chi connectivity index (χ3n) is 3.15. The molecule has 3 rings (SSSR count). The van der Waals surface area contributed by atoms with E-state index < -0.39 is 0 Å². The van der Waals surface area contributed by atoms with Gasteiger partial charge in [-0.15, -0.1) is 0 Å². The van der Waals surface area contributed by atoms with E-state index >= 15 is 0 Å². The van der Waals surface area contributed by atoms with E-state index in [2.05, 4.69) is 6.08 Å². The van der Waals surface area contributed by atoms with Gasteiger partial charge in [-0.1, -0.05) is 6.08 Å². The number of allylic oxidation sites excluding steroid dienone is 1. The molecular weight excluding hydrogens is 232 g/mol. The van der Waals surface area contributed by atoms with Gasteiger partial charge in [0.05, 0.1) is 13.0 Å². The van der Waals surface area contributed by atoms with Gasteiger partial charge in [0.1, 0.15) is 0 Å². The van der Waals surface area contributed by atoms with E-state index in [9.17, 15) is 4.79 Å². The second-order valence-corrected chi connectivity index (χ2v) is 4.28. The van der Waals surface area contributed by atoms with E-state index in [1.807, 2.05) is 19.1 Å². The van der Waals surface area contributed by atoms with Crippen molar-refractivity contribution < 1.29 is 19.0 Å². The molecule has 1 aliphatic carbocycles. The van der Waals surface area contributed by atoms with Crippen molar-refractivity contribution in [3.63, 3.8) is 0 Å². The van der Waals surface area contributed by atoms with E-state index in [-0.39, 0.29) is 12.8 Å². The number of ether oxygens (including phenoxy) is 3. The van der Waals surface area contributed by atoms with Crippen LogP contribution in [0.4, 0.5) is 0 Å². The molecule has 0 N–H and O–H groups in total. The summed E-state index contributed by atoms with van der Waals surface area (Å²) in [5, 5.41) is 0. The molecule has 94 valence electrons. The largest absolute Gasteiger partial charge is 0.466 e. The SMILES string of the molecule is CCOC(=O)CC1=CCc2cc3c(cc21)OCO3. The average molecular weight is 246 g/mol. The molecular formula is C14H14O4. The van der Waals surface area contributed by atoms with Crippen LogP contribution in [0, 0.1) is 0 Å². The van der Waals surface area contributed by atoms with Gasteiger partial charge in [0.15, 0.2) is 11.5 Å². The van der Waals surface area contributed by atoms with Gasteiger partial charge in [0.25, 0.3) is 0 Å². The fourth-order valence-corrected chi connectivity index (χ4v) is 2.33. The lowest BCUT2D eigenvalue weighted by Crippen LogP contribution is -2.04. The molecule has 0 atom stereocenters. The van der Waals surface area contributed by atoms with Crippen molar-refractivity contribution in [3.05, 3.63) is 29.3 Å². The number of esters is 1. The van der Waals surface area contributed by atoms with Crippen molar-refractivity contribution in [2.24, 2.45) is 0 Å². The summed E-state index contributed by atoms with van der Waals surface area (Å²) in [5.41, 5.74) is 3.27. The van der Waals surface area contributed by atoms with E-state index in [0.29, 0.717) is 13.0 Å². The summed E-state index contributed by atoms with van der Waals surface area (Å²) in [5.74, 6) is 1.36. The summed E-state index contributed by atoms with van der Waals surface area (Å²) in [4.78, 5) is 11.5. The minimum absolute atomic E-state index is 0.186. The van der Waals surface area contributed by atoms with Crippen LogP contribution in [0.25, 0.3) is 5.57 Å². The van der Waals surface area contributed by atoms with E-state index in [4.69, 9.17) is 14.2 Å². The maximum atomic E-state index is 11.5. The fraction of sp³-hybridized carbons (Fsp3) is 0.357. The van der Waals surface area contributed by atoms with Crippen LogP contribution in [0.2, 0.25) is 0 Å². The zero-order chi connectivity index (χ0) is 12.5. The topological polar surface area (TPSA) is 44.8 Å². The zero-order valence-electron chi connectivity index (χ0n) is 10.2. The molecule has 0 saturated heterocycles. The van der Waals surface area contributed by atoms with Gasteiger partial charge in [-0.05, 0) is 42.2 Å². The summed E-state index contributed by atoms with van der Waals surface area (Å²) in [6.45, 7) is 2.50. The molecule has 1 aromatic rings. The van der Waals surface area contributed by atoms with E-state index in [0.717, 1.165) is 29.1 Å². The van der Waals surface area contributed by atoms with Crippen molar-refractivity contribution in [2.45, 2.75) is 19.8 Å². The first-order valence-electron chi connectivity index (χ1n) is 6.05. The summed E-state index contributed by atoms with van der Waals surface area (Å²) < 4.78 is 15.7. The third kappa shape index (κ3) is 1.83. The summed E-state index contributed by atoms with van der Waals surface area (Å²) in [6, 6.07) is 3.95. The van der Waals surface area contributed by atoms with Crippen LogP contribution in [0.1, 0.15) is 24.5 Å². The number of hydrogen-bond donors (Lipinski definition) is 0. The quantitative estimate of drug-likeness (QED) is 0.768. The molecule has 2 aliphatic rings. The zero-order valence-corrected chi connectivity index (χ0v) is 10.2. The molecule has 18 heavy (non-hydrogen) atoms. The van der Waals surface area contributed by atoms with Crippen LogP contribution in [0.3, 0.4) is 0 Å². The Labute approximate surface area is 105 Å². The highest BCUT2D eigenvalue weighted by Crippen LogP contribution is 2.40. The molecule has 0 unspecified atom stereocenters. The molecule has 1 aliphatic heterocycles. The highest BCUT2D eigenvalue weighted by molar-refractivity contribution is 5.88. The lowest BCUT2D eigenvalue weighted by Gasteiger charge is -2.07. The fourth-order valence-electron chi connectivity index (χ4n) is 2.33. The van der Waals surface area contributed by atoms with Crippen LogP contribution in [-0.2, 0) is 16.0 Å². The first-order valence-corrected chi connectivity index (χ1v) is 6.05. The molecule has 0 bridgehead atoms. The second kappa shape index (κ2) is 4.37. The Morgan fingerprint density at radius 1 is 1.33 bits per heavy atom. The van der Waals surface area contributed by atoms with Crippen LogP contribution in [0.15, 0.2) is 18.2 Å². The minimum atomic E-state index is -0.186. The van der Waals surface area contributed by atoms with Gasteiger partial charge in [0, 0.05) is 0 Å². The van der Waals surface area contributed by atoms with Crippen molar-refractivity contribution >= 4 is 11.5 Å². The number of hydrogen-bond acceptors (Lipinski definition) is 4. The molecule has 0 radical (unpaired) electrons. The van der Waals surface area contributed by atoms with Gasteiger partial charge in [-0.3, -0.25) is 4.79 Å². The van der Waals surface area contributed by atoms with E-state index in [1.54, 1.807) is 0 Å². The van der Waals surface area contributed by atoms with Crippen LogP contribution < -0.4 is 9.47 Å². The minimum Gasteiger partial charge on any atom is -0.466 e. The first kappa shape index (κ1) is 11.1. The average Bonchev–Trinajstić information content (AvgIpc) is 2.94. The lowest BCUT2D eigenvalue weighted by molar-refractivity contribution is -0.141. The molecule has 1 heterocycles. The Morgan fingerprint density at radius 2 is 2.11 bits per heavy atom. The molecule has 0 amide bonds. The Hall–Kier alpha value is -1.97. The maximum Gasteiger partial charge on any atom is 0.310 e. The molecule has 0 saturated carbocycles. The molecule has 1 aromatic carbocycles. The Balaban J connectivity index is 1.84. The number of fused-ring (bicyclic) bond motifs is 2. The molecule has 4 nitrogen and oxygen atoms in total. The normalized spacial score (nSPS) is 15.3. The number of rotatable bonds is 3. The van der Waals surface area contributed by atoms with E-state index in [1.165, 1.54) is 5.56 Å². The predicted molar refractivity (Wildman–Crippen MR) is 65.5 cm³/mol. The second-order valence-electron chi connectivity index (χ2n) is 4.28. The molecule has 0 spiro atoms. The van der Waals surface area contributed by atoms with Crippen molar-refractivity contribution in [1.82, 2.24) is 0 Å². The number of carbonyl (C=O) groups excluding carboxylic acids is 1. The summed E-state index contributed by atoms with van der Waals surface area (Å²) in [6.07, 6.45) is 3.22. The summed E-state index contributed by atoms with van der Waals surface area (Å²) >= 11 is 0. The Bertz CT molecular complexity index is 531. The Morgan fingerprint density at radius 3 is 2.89 bits per heavy atom. The van der Waals surface area contributed by atoms with Crippen LogP contribution in [0.5, 0.6) is 11.5 Å². The predicted octanol–water partition coefficient (Wildman–Crippen LogP) is 2.31. The van der Waals surface area contributed by atoms with Gasteiger partial charge >= 0.3 is 5.97 Å². The van der Waals surface area contributed by atoms with Gasteiger partial charge < -0.3 is 14.2 Å². The number of benzene rings is 1. The highest BCUT2D eigenvalue weighted by Gasteiger charge is 2.23. The first-order chi connectivity index (χ1) is 8.78. The lowest BCUT2D eigenvalue weighted by atomic mass is 10.0. The molecule has 4 heteroatoms. The smallest absolute Gasteiger partial charge is 0.310 e. The maximum absolute atomic E-state index is 11.5. The summed E-state index contributed by atoms with van der Waals surface area (Å²) in [7, 11) is 0. The third-order valence-corrected chi connectivity index (χ3v) is 3.15. The van der Waals surface area contributed by atoms with Crippen LogP contribution in [-0.4, -0.2) is 19.4 Å². The molecule has 0 aromatic heterocycles. The van der Waals surface area contributed by atoms with Gasteiger partial charge in [-0.2, -0.15) is 0 Å². The molecule has 0 fully saturated rings. The standard InChI is InChI=1S/C14H14O4/c1-2-16-14(15)6-10-4-3-9-5-12-13(7-11(9)10)18-8-17-12/h4-5,7H,2-3,6,8H2,1H3. The van der Waals surface area contributed by atoms with Crippen molar-refractivity contribution in [2.75, 3.05) is 13.4 Å². The van der Waals surface area contributed by atoms with Crippen LogP contribution >= 0.6 is 0 Å². The highest BCUT2D eigenvalue weighted by atomic mass is 16.7. The van der Waals surface area contributed by atoms with Crippen molar-refractivity contribution in [3.8, 4) is 11.5 Å². The van der Waals surface area contributed by atoms with Crippen molar-refractivity contribution in [1.29, 1.82) is 0 Å². The van der Waals surface area contributed by atoms with Gasteiger partial charge in [-0.25, -0.2) is 0 Å². The number of carbonyl (C=O) groups is 1. The van der Waals surface area contributed by atoms with Gasteiger partial charge in [0.2, 0.25) is 6.79 Å².